The van der Waals surface area contributed by atoms with Crippen molar-refractivity contribution in [2.45, 2.75) is 97.7 Å². The fraction of sp³-hybridized carbons (Fsp3) is 0.944. The van der Waals surface area contributed by atoms with E-state index in [1.54, 1.807) is 0 Å². The van der Waals surface area contributed by atoms with Crippen LogP contribution in [0.25, 0.3) is 0 Å². The van der Waals surface area contributed by atoms with Gasteiger partial charge < -0.3 is 19.6 Å². The Morgan fingerprint density at radius 2 is 1.62 bits per heavy atom. The molecule has 0 rings (SSSR count). The van der Waals surface area contributed by atoms with E-state index in [9.17, 15) is 9.90 Å². The van der Waals surface area contributed by atoms with Crippen molar-refractivity contribution in [3.05, 3.63) is 0 Å². The van der Waals surface area contributed by atoms with Gasteiger partial charge in [0.2, 0.25) is 0 Å². The van der Waals surface area contributed by atoms with E-state index in [2.05, 4.69) is 39.2 Å². The fourth-order valence-electron chi connectivity index (χ4n) is 1.99. The highest BCUT2D eigenvalue weighted by molar-refractivity contribution is 6.74. The van der Waals surface area contributed by atoms with Gasteiger partial charge in [0, 0.05) is 6.04 Å². The summed E-state index contributed by atoms with van der Waals surface area (Å²) in [6, 6.07) is -0.109. The van der Waals surface area contributed by atoms with E-state index in [1.807, 2.05) is 34.6 Å². The third-order valence-electron chi connectivity index (χ3n) is 4.49. The zero-order chi connectivity index (χ0) is 19.3. The predicted octanol–water partition coefficient (Wildman–Crippen LogP) is 4.31. The lowest BCUT2D eigenvalue weighted by atomic mass is 9.98. The van der Waals surface area contributed by atoms with E-state index < -0.39 is 20.0 Å². The molecule has 5 nitrogen and oxygen atoms in total. The van der Waals surface area contributed by atoms with Gasteiger partial charge in [-0.05, 0) is 51.2 Å². The molecular formula is C18H39NO4Si. The Labute approximate surface area is 149 Å². The van der Waals surface area contributed by atoms with E-state index in [0.29, 0.717) is 6.42 Å². The van der Waals surface area contributed by atoms with Crippen LogP contribution in [-0.2, 0) is 9.16 Å². The van der Waals surface area contributed by atoms with Crippen molar-refractivity contribution in [1.29, 1.82) is 0 Å². The maximum absolute atomic E-state index is 12.1. The van der Waals surface area contributed by atoms with E-state index in [0.717, 1.165) is 0 Å². The van der Waals surface area contributed by atoms with Gasteiger partial charge in [-0.2, -0.15) is 0 Å². The Hall–Kier alpha value is -0.593. The molecule has 0 unspecified atom stereocenters. The van der Waals surface area contributed by atoms with Gasteiger partial charge in [-0.3, -0.25) is 0 Å². The van der Waals surface area contributed by atoms with Crippen LogP contribution in [-0.4, -0.2) is 43.9 Å². The molecule has 0 saturated heterocycles. The Morgan fingerprint density at radius 3 is 1.96 bits per heavy atom. The zero-order valence-corrected chi connectivity index (χ0v) is 18.3. The molecule has 0 radical (unpaired) electrons. The number of alkyl carbamates (subject to hydrolysis) is 1. The van der Waals surface area contributed by atoms with Gasteiger partial charge >= 0.3 is 6.09 Å². The Bertz CT molecular complexity index is 397. The Kier molecular flexibility index (Phi) is 8.46. The number of aliphatic hydroxyl groups is 1. The summed E-state index contributed by atoms with van der Waals surface area (Å²) < 4.78 is 11.7. The Morgan fingerprint density at radius 1 is 1.12 bits per heavy atom. The monoisotopic (exact) mass is 361 g/mol. The van der Waals surface area contributed by atoms with Gasteiger partial charge in [0.05, 0.1) is 12.7 Å². The number of aliphatic hydroxyl groups excluding tert-OH is 1. The van der Waals surface area contributed by atoms with Crippen LogP contribution in [0.15, 0.2) is 0 Å². The van der Waals surface area contributed by atoms with Crippen molar-refractivity contribution < 1.29 is 19.1 Å². The van der Waals surface area contributed by atoms with Crippen molar-refractivity contribution in [1.82, 2.24) is 5.32 Å². The summed E-state index contributed by atoms with van der Waals surface area (Å²) in [4.78, 5) is 12.1. The van der Waals surface area contributed by atoms with E-state index in [1.165, 1.54) is 0 Å². The molecule has 144 valence electrons. The summed E-state index contributed by atoms with van der Waals surface area (Å²) in [5, 5.41) is 12.8. The summed E-state index contributed by atoms with van der Waals surface area (Å²) in [6.45, 7) is 20.4. The molecule has 0 heterocycles. The number of hydrogen-bond donors (Lipinski definition) is 2. The molecule has 0 aromatic heterocycles. The van der Waals surface area contributed by atoms with Crippen LogP contribution in [0.5, 0.6) is 0 Å². The SMILES string of the molecule is CC(C)[C@@H](C[C@H](CO)O[Si](C)(C)C(C)(C)C)NC(=O)OC(C)(C)C. The number of hydrogen-bond acceptors (Lipinski definition) is 4. The maximum Gasteiger partial charge on any atom is 0.407 e. The lowest BCUT2D eigenvalue weighted by Gasteiger charge is -2.40. The summed E-state index contributed by atoms with van der Waals surface area (Å²) in [7, 11) is -1.97. The first kappa shape index (κ1) is 23.4. The third-order valence-corrected chi connectivity index (χ3v) is 9.03. The maximum atomic E-state index is 12.1. The first-order valence-corrected chi connectivity index (χ1v) is 11.8. The van der Waals surface area contributed by atoms with Crippen LogP contribution in [0.2, 0.25) is 18.1 Å². The second-order valence-electron chi connectivity index (χ2n) is 9.42. The minimum absolute atomic E-state index is 0.0499. The summed E-state index contributed by atoms with van der Waals surface area (Å²) in [5.41, 5.74) is -0.528. The fourth-order valence-corrected chi connectivity index (χ4v) is 3.35. The minimum atomic E-state index is -1.97. The normalized spacial score (nSPS) is 16.0. The smallest absolute Gasteiger partial charge is 0.407 e. The quantitative estimate of drug-likeness (QED) is 0.663. The average molecular weight is 362 g/mol. The van der Waals surface area contributed by atoms with Gasteiger partial charge in [-0.15, -0.1) is 0 Å². The number of amides is 1. The van der Waals surface area contributed by atoms with Crippen molar-refractivity contribution in [3.63, 3.8) is 0 Å². The van der Waals surface area contributed by atoms with Crippen LogP contribution < -0.4 is 5.32 Å². The molecule has 0 aromatic carbocycles. The van der Waals surface area contributed by atoms with E-state index >= 15 is 0 Å². The number of carbonyl (C=O) groups excluding carboxylic acids is 1. The zero-order valence-electron chi connectivity index (χ0n) is 17.3. The molecule has 0 aliphatic carbocycles. The molecule has 1 amide bonds. The molecule has 0 spiro atoms. The third kappa shape index (κ3) is 8.49. The summed E-state index contributed by atoms with van der Waals surface area (Å²) >= 11 is 0. The first-order valence-electron chi connectivity index (χ1n) is 8.87. The molecule has 0 aliphatic rings. The van der Waals surface area contributed by atoms with Gasteiger partial charge in [0.15, 0.2) is 8.32 Å². The molecule has 2 atom stereocenters. The standard InChI is InChI=1S/C18H39NO4Si/c1-13(2)15(19-16(21)22-17(3,4)5)11-14(12-20)23-24(9,10)18(6,7)8/h13-15,20H,11-12H2,1-10H3,(H,19,21)/t14-,15-/m1/s1. The van der Waals surface area contributed by atoms with Crippen LogP contribution in [0.3, 0.4) is 0 Å². The van der Waals surface area contributed by atoms with Crippen molar-refractivity contribution in [2.24, 2.45) is 5.92 Å². The molecule has 2 N–H and O–H groups in total. The van der Waals surface area contributed by atoms with Gasteiger partial charge in [0.25, 0.3) is 0 Å². The van der Waals surface area contributed by atoms with E-state index in [-0.39, 0.29) is 29.7 Å². The molecule has 0 fully saturated rings. The van der Waals surface area contributed by atoms with Gasteiger partial charge in [0.1, 0.15) is 5.60 Å². The predicted molar refractivity (Wildman–Crippen MR) is 102 cm³/mol. The molecule has 6 heteroatoms. The minimum Gasteiger partial charge on any atom is -0.444 e. The lowest BCUT2D eigenvalue weighted by molar-refractivity contribution is 0.0431. The average Bonchev–Trinajstić information content (AvgIpc) is 2.32. The Balaban J connectivity index is 4.93. The van der Waals surface area contributed by atoms with Crippen molar-refractivity contribution in [2.75, 3.05) is 6.61 Å². The number of rotatable bonds is 7. The second-order valence-corrected chi connectivity index (χ2v) is 14.2. The number of carbonyl (C=O) groups is 1. The molecule has 0 aliphatic heterocycles. The molecule has 0 aromatic rings. The largest absolute Gasteiger partial charge is 0.444 e. The summed E-state index contributed by atoms with van der Waals surface area (Å²) in [6.07, 6.45) is -0.140. The second kappa shape index (κ2) is 8.67. The van der Waals surface area contributed by atoms with E-state index in [4.69, 9.17) is 9.16 Å². The summed E-state index contributed by atoms with van der Waals surface area (Å²) in [5.74, 6) is 0.217. The van der Waals surface area contributed by atoms with Crippen LogP contribution >= 0.6 is 0 Å². The highest BCUT2D eigenvalue weighted by atomic mass is 28.4. The van der Waals surface area contributed by atoms with Crippen LogP contribution in [0.4, 0.5) is 4.79 Å². The molecule has 0 bridgehead atoms. The van der Waals surface area contributed by atoms with Crippen LogP contribution in [0.1, 0.15) is 61.8 Å². The first-order chi connectivity index (χ1) is 10.6. The number of ether oxygens (including phenoxy) is 1. The van der Waals surface area contributed by atoms with Crippen LogP contribution in [0, 0.1) is 5.92 Å². The highest BCUT2D eigenvalue weighted by Crippen LogP contribution is 2.37. The van der Waals surface area contributed by atoms with Crippen molar-refractivity contribution >= 4 is 14.4 Å². The van der Waals surface area contributed by atoms with Gasteiger partial charge in [-0.1, -0.05) is 34.6 Å². The molecule has 0 saturated carbocycles. The van der Waals surface area contributed by atoms with Gasteiger partial charge in [-0.25, -0.2) is 4.79 Å². The highest BCUT2D eigenvalue weighted by Gasteiger charge is 2.39. The lowest BCUT2D eigenvalue weighted by Crippen LogP contribution is -2.48. The topological polar surface area (TPSA) is 67.8 Å². The molecular weight excluding hydrogens is 322 g/mol. The van der Waals surface area contributed by atoms with Crippen molar-refractivity contribution in [3.8, 4) is 0 Å². The number of nitrogens with one attached hydrogen (secondary N) is 1. The molecule has 24 heavy (non-hydrogen) atoms.